The first-order chi connectivity index (χ1) is 14.5. The van der Waals surface area contributed by atoms with Crippen LogP contribution in [0.15, 0.2) is 53.6 Å². The van der Waals surface area contributed by atoms with Gasteiger partial charge >= 0.3 is 0 Å². The predicted molar refractivity (Wildman–Crippen MR) is 106 cm³/mol. The maximum absolute atomic E-state index is 14.0. The maximum Gasteiger partial charge on any atom is 0.256 e. The molecule has 3 aromatic heterocycles. The number of rotatable bonds is 2. The van der Waals surface area contributed by atoms with Gasteiger partial charge in [-0.25, -0.2) is 8.78 Å². The molecule has 1 aromatic carbocycles. The molecular formula is C22H17F2N3O3. The first-order valence-corrected chi connectivity index (χ1v) is 9.40. The van der Waals surface area contributed by atoms with Crippen molar-refractivity contribution in [1.82, 2.24) is 14.3 Å². The Bertz CT molecular complexity index is 1380. The van der Waals surface area contributed by atoms with Crippen LogP contribution in [0.1, 0.15) is 27.7 Å². The third-order valence-electron chi connectivity index (χ3n) is 5.63. The number of benzene rings is 1. The molecule has 0 spiro atoms. The molecule has 30 heavy (non-hydrogen) atoms. The number of hydrogen-bond donors (Lipinski definition) is 1. The molecule has 0 radical (unpaired) electrons. The summed E-state index contributed by atoms with van der Waals surface area (Å²) in [5.74, 6) is -2.39. The first-order valence-electron chi connectivity index (χ1n) is 9.40. The van der Waals surface area contributed by atoms with Gasteiger partial charge in [-0.05, 0) is 35.7 Å². The van der Waals surface area contributed by atoms with Gasteiger partial charge in [-0.3, -0.25) is 9.59 Å². The number of aromatic amines is 1. The van der Waals surface area contributed by atoms with Crippen LogP contribution in [0.4, 0.5) is 8.78 Å². The van der Waals surface area contributed by atoms with E-state index < -0.39 is 23.2 Å². The minimum atomic E-state index is -1.10. The van der Waals surface area contributed by atoms with Crippen molar-refractivity contribution in [3.8, 4) is 0 Å². The molecular weight excluding hydrogens is 392 g/mol. The topological polar surface area (TPSA) is 66.8 Å². The molecule has 5 rings (SSSR count). The molecule has 6 nitrogen and oxygen atoms in total. The summed E-state index contributed by atoms with van der Waals surface area (Å²) in [4.78, 5) is 29.9. The molecule has 0 saturated heterocycles. The van der Waals surface area contributed by atoms with Crippen LogP contribution in [0.5, 0.6) is 0 Å². The number of nitrogens with zero attached hydrogens (tertiary/aromatic N) is 2. The highest BCUT2D eigenvalue weighted by Gasteiger charge is 2.32. The smallest absolute Gasteiger partial charge is 0.256 e. The molecule has 0 saturated carbocycles. The summed E-state index contributed by atoms with van der Waals surface area (Å²) in [6.07, 6.45) is 3.65. The Morgan fingerprint density at radius 2 is 1.93 bits per heavy atom. The molecule has 1 amide bonds. The van der Waals surface area contributed by atoms with E-state index in [1.807, 2.05) is 28.8 Å². The van der Waals surface area contributed by atoms with Crippen molar-refractivity contribution >= 4 is 22.2 Å². The van der Waals surface area contributed by atoms with Crippen LogP contribution < -0.4 is 5.56 Å². The summed E-state index contributed by atoms with van der Waals surface area (Å²) in [5.41, 5.74) is 1.76. The van der Waals surface area contributed by atoms with Crippen molar-refractivity contribution in [2.75, 3.05) is 13.7 Å². The quantitative estimate of drug-likeness (QED) is 0.552. The van der Waals surface area contributed by atoms with Crippen molar-refractivity contribution in [3.05, 3.63) is 87.6 Å². The van der Waals surface area contributed by atoms with Crippen LogP contribution in [-0.4, -0.2) is 33.8 Å². The Hall–Kier alpha value is -3.52. The third-order valence-corrected chi connectivity index (χ3v) is 5.63. The van der Waals surface area contributed by atoms with Crippen molar-refractivity contribution in [2.45, 2.75) is 12.6 Å². The monoisotopic (exact) mass is 409 g/mol. The van der Waals surface area contributed by atoms with Gasteiger partial charge in [-0.1, -0.05) is 6.07 Å². The van der Waals surface area contributed by atoms with Gasteiger partial charge < -0.3 is 19.0 Å². The van der Waals surface area contributed by atoms with E-state index in [1.165, 1.54) is 4.90 Å². The summed E-state index contributed by atoms with van der Waals surface area (Å²) in [6.45, 7) is 0.286. The number of aromatic nitrogens is 2. The molecule has 0 bridgehead atoms. The predicted octanol–water partition coefficient (Wildman–Crippen LogP) is 3.40. The van der Waals surface area contributed by atoms with Crippen molar-refractivity contribution < 1.29 is 18.3 Å². The third kappa shape index (κ3) is 2.72. The number of fused-ring (bicyclic) bond motifs is 4. The summed E-state index contributed by atoms with van der Waals surface area (Å²) in [5, 5.41) is 0.317. The van der Waals surface area contributed by atoms with Crippen molar-refractivity contribution in [3.63, 3.8) is 0 Å². The van der Waals surface area contributed by atoms with Gasteiger partial charge in [0, 0.05) is 30.7 Å². The van der Waals surface area contributed by atoms with E-state index in [9.17, 15) is 18.4 Å². The Labute approximate surface area is 169 Å². The number of amides is 1. The summed E-state index contributed by atoms with van der Waals surface area (Å²) >= 11 is 0. The second-order valence-electron chi connectivity index (χ2n) is 7.33. The van der Waals surface area contributed by atoms with E-state index in [4.69, 9.17) is 4.74 Å². The SMILES string of the molecule is CN(C(=O)c1ccn2ccccc12)C1COCc2[nH]c(=O)c3cc(F)c(F)cc3c21. The lowest BCUT2D eigenvalue weighted by Gasteiger charge is -2.33. The van der Waals surface area contributed by atoms with Crippen LogP contribution in [-0.2, 0) is 11.3 Å². The molecule has 0 aliphatic carbocycles. The Kier molecular flexibility index (Phi) is 4.18. The van der Waals surface area contributed by atoms with Gasteiger partial charge in [0.15, 0.2) is 11.6 Å². The number of H-pyrrole nitrogens is 1. The van der Waals surface area contributed by atoms with E-state index in [1.54, 1.807) is 19.3 Å². The number of pyridine rings is 2. The zero-order chi connectivity index (χ0) is 21.0. The van der Waals surface area contributed by atoms with Crippen LogP contribution in [0.3, 0.4) is 0 Å². The van der Waals surface area contributed by atoms with Gasteiger partial charge in [0.2, 0.25) is 0 Å². The largest absolute Gasteiger partial charge is 0.373 e. The van der Waals surface area contributed by atoms with Gasteiger partial charge in [0.05, 0.1) is 35.7 Å². The lowest BCUT2D eigenvalue weighted by Crippen LogP contribution is -2.37. The van der Waals surface area contributed by atoms with Crippen LogP contribution in [0, 0.1) is 11.6 Å². The number of carbonyl (C=O) groups is 1. The molecule has 152 valence electrons. The van der Waals surface area contributed by atoms with E-state index in [-0.39, 0.29) is 29.9 Å². The molecule has 8 heteroatoms. The molecule has 1 unspecified atom stereocenters. The summed E-state index contributed by atoms with van der Waals surface area (Å²) < 4.78 is 35.2. The Morgan fingerprint density at radius 3 is 2.73 bits per heavy atom. The zero-order valence-electron chi connectivity index (χ0n) is 16.0. The summed E-state index contributed by atoms with van der Waals surface area (Å²) in [6, 6.07) is 8.62. The minimum Gasteiger partial charge on any atom is -0.373 e. The number of ether oxygens (including phenoxy) is 1. The minimum absolute atomic E-state index is 0.0368. The number of carbonyl (C=O) groups excluding carboxylic acids is 1. The molecule has 4 aromatic rings. The second kappa shape index (κ2) is 6.77. The highest BCUT2D eigenvalue weighted by atomic mass is 19.2. The molecule has 4 heterocycles. The average Bonchev–Trinajstić information content (AvgIpc) is 3.18. The normalized spacial score (nSPS) is 16.0. The lowest BCUT2D eigenvalue weighted by molar-refractivity contribution is 0.0337. The van der Waals surface area contributed by atoms with E-state index in [0.717, 1.165) is 17.6 Å². The van der Waals surface area contributed by atoms with Crippen LogP contribution >= 0.6 is 0 Å². The number of hydrogen-bond acceptors (Lipinski definition) is 3. The van der Waals surface area contributed by atoms with Crippen molar-refractivity contribution in [1.29, 1.82) is 0 Å². The van der Waals surface area contributed by atoms with Gasteiger partial charge in [-0.2, -0.15) is 0 Å². The molecule has 1 aliphatic heterocycles. The van der Waals surface area contributed by atoms with Gasteiger partial charge in [-0.15, -0.1) is 0 Å². The summed E-state index contributed by atoms with van der Waals surface area (Å²) in [7, 11) is 1.63. The van der Waals surface area contributed by atoms with Gasteiger partial charge in [0.25, 0.3) is 11.5 Å². The maximum atomic E-state index is 14.0. The molecule has 0 fully saturated rings. The molecule has 1 N–H and O–H groups in total. The average molecular weight is 409 g/mol. The van der Waals surface area contributed by atoms with E-state index >= 15 is 0 Å². The fourth-order valence-electron chi connectivity index (χ4n) is 4.11. The standard InChI is InChI=1S/C22H17F2N3O3/c1-26(22(29)12-5-7-27-6-3-2-4-18(12)27)19-11-30-10-17-20(19)13-8-15(23)16(24)9-14(13)21(28)25-17/h2-9,19H,10-11H2,1H3,(H,25,28). The second-order valence-corrected chi connectivity index (χ2v) is 7.33. The highest BCUT2D eigenvalue weighted by Crippen LogP contribution is 2.34. The van der Waals surface area contributed by atoms with E-state index in [0.29, 0.717) is 16.8 Å². The van der Waals surface area contributed by atoms with E-state index in [2.05, 4.69) is 4.98 Å². The highest BCUT2D eigenvalue weighted by molar-refractivity contribution is 6.01. The molecule has 1 atom stereocenters. The number of nitrogens with one attached hydrogen (secondary N) is 1. The fraction of sp³-hybridized carbons (Fsp3) is 0.182. The lowest BCUT2D eigenvalue weighted by atomic mass is 9.95. The van der Waals surface area contributed by atoms with Gasteiger partial charge in [0.1, 0.15) is 0 Å². The fourth-order valence-corrected chi connectivity index (χ4v) is 4.11. The number of likely N-dealkylation sites (N-methyl/N-ethyl adjacent to an activating group) is 1. The Morgan fingerprint density at radius 1 is 1.17 bits per heavy atom. The first kappa shape index (κ1) is 18.5. The van der Waals surface area contributed by atoms with Crippen LogP contribution in [0.2, 0.25) is 0 Å². The zero-order valence-corrected chi connectivity index (χ0v) is 16.0. The Balaban J connectivity index is 1.65. The molecule has 1 aliphatic rings. The number of halogens is 2. The van der Waals surface area contributed by atoms with Crippen molar-refractivity contribution in [2.24, 2.45) is 0 Å². The van der Waals surface area contributed by atoms with Crippen LogP contribution in [0.25, 0.3) is 16.3 Å².